The van der Waals surface area contributed by atoms with Crippen molar-refractivity contribution in [1.82, 2.24) is 14.5 Å². The third-order valence-corrected chi connectivity index (χ3v) is 5.13. The molecule has 1 aromatic carbocycles. The van der Waals surface area contributed by atoms with Gasteiger partial charge in [0, 0.05) is 32.1 Å². The fourth-order valence-corrected chi connectivity index (χ4v) is 3.83. The Balaban J connectivity index is 1.88. The van der Waals surface area contributed by atoms with Crippen LogP contribution in [0.25, 0.3) is 5.57 Å². The van der Waals surface area contributed by atoms with Crippen LogP contribution in [0.3, 0.4) is 0 Å². The third kappa shape index (κ3) is 3.00. The van der Waals surface area contributed by atoms with E-state index in [0.717, 1.165) is 44.7 Å². The molecule has 0 amide bonds. The summed E-state index contributed by atoms with van der Waals surface area (Å²) in [6.07, 6.45) is 4.69. The maximum Gasteiger partial charge on any atom is 0.309 e. The van der Waals surface area contributed by atoms with E-state index in [0.29, 0.717) is 5.88 Å². The second-order valence-corrected chi connectivity index (χ2v) is 6.85. The van der Waals surface area contributed by atoms with Gasteiger partial charge in [0.2, 0.25) is 5.88 Å². The summed E-state index contributed by atoms with van der Waals surface area (Å²) < 4.78 is 7.45. The minimum atomic E-state index is -0.307. The van der Waals surface area contributed by atoms with Gasteiger partial charge in [0.1, 0.15) is 5.82 Å². The zero-order valence-electron chi connectivity index (χ0n) is 14.8. The summed E-state index contributed by atoms with van der Waals surface area (Å²) in [6.45, 7) is 4.34. The SMILES string of the molecule is CC(=O)Oc1cnc2n1CCc1ccccc1C2=C1CCN(C)CC1. The topological polar surface area (TPSA) is 47.4 Å². The molecule has 0 bridgehead atoms. The van der Waals surface area contributed by atoms with Crippen molar-refractivity contribution in [2.45, 2.75) is 32.7 Å². The summed E-state index contributed by atoms with van der Waals surface area (Å²) in [6, 6.07) is 8.59. The van der Waals surface area contributed by atoms with E-state index in [2.05, 4.69) is 45.8 Å². The number of benzene rings is 1. The number of carbonyl (C=O) groups is 1. The fourth-order valence-electron chi connectivity index (χ4n) is 3.83. The lowest BCUT2D eigenvalue weighted by Gasteiger charge is -2.26. The first-order valence-corrected chi connectivity index (χ1v) is 8.86. The molecular formula is C20H23N3O2. The molecular weight excluding hydrogens is 314 g/mol. The molecule has 0 atom stereocenters. The number of ether oxygens (including phenoxy) is 1. The quantitative estimate of drug-likeness (QED) is 0.751. The Kier molecular flexibility index (Phi) is 4.17. The Bertz CT molecular complexity index is 840. The molecule has 130 valence electrons. The Morgan fingerprint density at radius 2 is 1.88 bits per heavy atom. The zero-order chi connectivity index (χ0) is 17.4. The molecule has 5 heteroatoms. The number of nitrogens with zero attached hydrogens (tertiary/aromatic N) is 3. The number of carbonyl (C=O) groups excluding carboxylic acids is 1. The standard InChI is InChI=1S/C20H23N3O2/c1-14(24)25-18-13-21-20-19(16-7-10-22(2)11-8-16)17-6-4-3-5-15(17)9-12-23(18)20/h3-6,13H,7-12H2,1-2H3. The van der Waals surface area contributed by atoms with Crippen LogP contribution < -0.4 is 4.74 Å². The van der Waals surface area contributed by atoms with Crippen LogP contribution >= 0.6 is 0 Å². The van der Waals surface area contributed by atoms with Crippen LogP contribution in [0.4, 0.5) is 0 Å². The molecule has 0 N–H and O–H groups in total. The number of aromatic nitrogens is 2. The summed E-state index contributed by atoms with van der Waals surface area (Å²) in [7, 11) is 2.17. The predicted octanol–water partition coefficient (Wildman–Crippen LogP) is 2.89. The maximum atomic E-state index is 11.4. The summed E-state index contributed by atoms with van der Waals surface area (Å²) in [5.74, 6) is 1.17. The predicted molar refractivity (Wildman–Crippen MR) is 96.4 cm³/mol. The number of aryl methyl sites for hydroxylation is 1. The van der Waals surface area contributed by atoms with Crippen molar-refractivity contribution in [2.24, 2.45) is 0 Å². The van der Waals surface area contributed by atoms with Crippen molar-refractivity contribution in [3.63, 3.8) is 0 Å². The van der Waals surface area contributed by atoms with Crippen molar-refractivity contribution >= 4 is 11.5 Å². The summed E-state index contributed by atoms with van der Waals surface area (Å²) in [5.41, 5.74) is 5.30. The second-order valence-electron chi connectivity index (χ2n) is 6.85. The van der Waals surface area contributed by atoms with Crippen LogP contribution in [0, 0.1) is 0 Å². The van der Waals surface area contributed by atoms with E-state index in [-0.39, 0.29) is 5.97 Å². The van der Waals surface area contributed by atoms with Crippen molar-refractivity contribution in [3.05, 3.63) is 53.0 Å². The number of fused-ring (bicyclic) bond motifs is 2. The van der Waals surface area contributed by atoms with Gasteiger partial charge in [-0.2, -0.15) is 0 Å². The molecule has 2 aliphatic rings. The van der Waals surface area contributed by atoms with Gasteiger partial charge in [0.05, 0.1) is 6.20 Å². The van der Waals surface area contributed by atoms with Crippen molar-refractivity contribution in [1.29, 1.82) is 0 Å². The molecule has 3 heterocycles. The number of likely N-dealkylation sites (tertiary alicyclic amines) is 1. The van der Waals surface area contributed by atoms with Gasteiger partial charge in [0.25, 0.3) is 0 Å². The van der Waals surface area contributed by atoms with E-state index in [1.807, 2.05) is 0 Å². The molecule has 1 fully saturated rings. The molecule has 0 saturated carbocycles. The second kappa shape index (κ2) is 6.48. The number of hydrogen-bond donors (Lipinski definition) is 0. The van der Waals surface area contributed by atoms with Crippen LogP contribution in [-0.4, -0.2) is 40.6 Å². The van der Waals surface area contributed by atoms with Gasteiger partial charge in [0.15, 0.2) is 0 Å². The van der Waals surface area contributed by atoms with Crippen LogP contribution in [0.15, 0.2) is 36.0 Å². The summed E-state index contributed by atoms with van der Waals surface area (Å²) >= 11 is 0. The molecule has 4 rings (SSSR count). The smallest absolute Gasteiger partial charge is 0.309 e. The largest absolute Gasteiger partial charge is 0.408 e. The van der Waals surface area contributed by atoms with Gasteiger partial charge in [-0.3, -0.25) is 9.36 Å². The number of hydrogen-bond acceptors (Lipinski definition) is 4. The van der Waals surface area contributed by atoms with E-state index < -0.39 is 0 Å². The lowest BCUT2D eigenvalue weighted by atomic mass is 9.90. The van der Waals surface area contributed by atoms with E-state index >= 15 is 0 Å². The van der Waals surface area contributed by atoms with Gasteiger partial charge < -0.3 is 9.64 Å². The number of imidazole rings is 1. The molecule has 5 nitrogen and oxygen atoms in total. The Morgan fingerprint density at radius 3 is 2.64 bits per heavy atom. The maximum absolute atomic E-state index is 11.4. The lowest BCUT2D eigenvalue weighted by molar-refractivity contribution is -0.132. The number of piperidine rings is 1. The molecule has 1 saturated heterocycles. The summed E-state index contributed by atoms with van der Waals surface area (Å²) in [5, 5.41) is 0. The Labute approximate surface area is 147 Å². The average molecular weight is 337 g/mol. The van der Waals surface area contributed by atoms with Crippen LogP contribution in [0.5, 0.6) is 5.88 Å². The molecule has 0 unspecified atom stereocenters. The van der Waals surface area contributed by atoms with Gasteiger partial charge in [-0.25, -0.2) is 4.98 Å². The Hall–Kier alpha value is -2.40. The minimum absolute atomic E-state index is 0.307. The first kappa shape index (κ1) is 16.1. The lowest BCUT2D eigenvalue weighted by Crippen LogP contribution is -2.27. The molecule has 25 heavy (non-hydrogen) atoms. The Morgan fingerprint density at radius 1 is 1.12 bits per heavy atom. The van der Waals surface area contributed by atoms with Gasteiger partial charge in [-0.05, 0) is 37.4 Å². The van der Waals surface area contributed by atoms with Crippen LogP contribution in [-0.2, 0) is 17.8 Å². The number of esters is 1. The van der Waals surface area contributed by atoms with E-state index in [4.69, 9.17) is 4.74 Å². The minimum Gasteiger partial charge on any atom is -0.408 e. The highest BCUT2D eigenvalue weighted by Crippen LogP contribution is 2.37. The molecule has 1 aromatic heterocycles. The van der Waals surface area contributed by atoms with Gasteiger partial charge in [-0.1, -0.05) is 29.8 Å². The van der Waals surface area contributed by atoms with E-state index in [9.17, 15) is 4.79 Å². The molecule has 2 aliphatic heterocycles. The fraction of sp³-hybridized carbons (Fsp3) is 0.400. The van der Waals surface area contributed by atoms with Crippen LogP contribution in [0.1, 0.15) is 36.7 Å². The first-order chi connectivity index (χ1) is 12.1. The van der Waals surface area contributed by atoms with Crippen molar-refractivity contribution < 1.29 is 9.53 Å². The van der Waals surface area contributed by atoms with Crippen LogP contribution in [0.2, 0.25) is 0 Å². The molecule has 2 aromatic rings. The van der Waals surface area contributed by atoms with E-state index in [1.165, 1.54) is 29.2 Å². The highest BCUT2D eigenvalue weighted by molar-refractivity contribution is 5.82. The monoisotopic (exact) mass is 337 g/mol. The normalized spacial score (nSPS) is 17.7. The zero-order valence-corrected chi connectivity index (χ0v) is 14.8. The molecule has 0 spiro atoms. The highest BCUT2D eigenvalue weighted by Gasteiger charge is 2.26. The highest BCUT2D eigenvalue weighted by atomic mass is 16.5. The average Bonchev–Trinajstić information content (AvgIpc) is 2.89. The van der Waals surface area contributed by atoms with Gasteiger partial charge in [-0.15, -0.1) is 0 Å². The first-order valence-electron chi connectivity index (χ1n) is 8.86. The van der Waals surface area contributed by atoms with Gasteiger partial charge >= 0.3 is 5.97 Å². The molecule has 0 radical (unpaired) electrons. The summed E-state index contributed by atoms with van der Waals surface area (Å²) in [4.78, 5) is 18.5. The van der Waals surface area contributed by atoms with E-state index in [1.54, 1.807) is 6.20 Å². The van der Waals surface area contributed by atoms with Crippen molar-refractivity contribution in [3.8, 4) is 5.88 Å². The number of rotatable bonds is 1. The van der Waals surface area contributed by atoms with Crippen molar-refractivity contribution in [2.75, 3.05) is 20.1 Å². The molecule has 0 aliphatic carbocycles. The third-order valence-electron chi connectivity index (χ3n) is 5.13.